The Labute approximate surface area is 113 Å². The summed E-state index contributed by atoms with van der Waals surface area (Å²) in [7, 11) is -3.46. The molecule has 1 rings (SSSR count). The van der Waals surface area contributed by atoms with Gasteiger partial charge in [-0.25, -0.2) is 13.2 Å². The highest BCUT2D eigenvalue weighted by Crippen LogP contribution is 2.19. The molecule has 1 aromatic rings. The average molecular weight is 282 g/mol. The maximum atomic E-state index is 12.1. The fourth-order valence-corrected chi connectivity index (χ4v) is 3.11. The lowest BCUT2D eigenvalue weighted by molar-refractivity contribution is 0.0695. The first kappa shape index (κ1) is 15.4. The molecule has 0 fully saturated rings. The van der Waals surface area contributed by atoms with E-state index in [-0.39, 0.29) is 16.2 Å². The second kappa shape index (κ2) is 6.02. The molecule has 0 atom stereocenters. The van der Waals surface area contributed by atoms with Crippen LogP contribution in [0.15, 0.2) is 35.2 Å². The number of carboxylic acids is 1. The predicted molar refractivity (Wildman–Crippen MR) is 74.3 cm³/mol. The topological polar surface area (TPSA) is 71.4 Å². The number of aryl methyl sites for hydroxylation is 1. The van der Waals surface area contributed by atoms with E-state index in [9.17, 15) is 13.2 Å². The highest BCUT2D eigenvalue weighted by atomic mass is 32.2. The van der Waals surface area contributed by atoms with Crippen molar-refractivity contribution in [1.82, 2.24) is 0 Å². The van der Waals surface area contributed by atoms with Crippen LogP contribution in [0.2, 0.25) is 0 Å². The summed E-state index contributed by atoms with van der Waals surface area (Å²) in [5.74, 6) is -1.15. The van der Waals surface area contributed by atoms with Crippen LogP contribution >= 0.6 is 0 Å². The predicted octanol–water partition coefficient (Wildman–Crippen LogP) is 2.69. The monoisotopic (exact) mass is 282 g/mol. The third kappa shape index (κ3) is 3.92. The fourth-order valence-electron chi connectivity index (χ4n) is 1.68. The number of carbonyl (C=O) groups is 1. The zero-order valence-electron chi connectivity index (χ0n) is 11.1. The molecule has 19 heavy (non-hydrogen) atoms. The van der Waals surface area contributed by atoms with Crippen LogP contribution in [0, 0.1) is 0 Å². The number of sulfone groups is 1. The highest BCUT2D eigenvalue weighted by molar-refractivity contribution is 7.91. The van der Waals surface area contributed by atoms with Gasteiger partial charge in [0.2, 0.25) is 0 Å². The second-order valence-electron chi connectivity index (χ2n) is 4.50. The smallest absolute Gasteiger partial charge is 0.336 e. The molecule has 0 bridgehead atoms. The van der Waals surface area contributed by atoms with E-state index in [1.165, 1.54) is 12.1 Å². The summed E-state index contributed by atoms with van der Waals surface area (Å²) >= 11 is 0. The molecule has 1 aromatic carbocycles. The lowest BCUT2D eigenvalue weighted by atomic mass is 10.1. The lowest BCUT2D eigenvalue weighted by Crippen LogP contribution is -2.10. The fraction of sp³-hybridized carbons (Fsp3) is 0.357. The molecule has 5 heteroatoms. The van der Waals surface area contributed by atoms with Crippen molar-refractivity contribution in [3.05, 3.63) is 41.5 Å². The molecule has 1 N–H and O–H groups in total. The maximum Gasteiger partial charge on any atom is 0.336 e. The molecule has 0 unspecified atom stereocenters. The van der Waals surface area contributed by atoms with Gasteiger partial charge in [0.05, 0.1) is 16.2 Å². The van der Waals surface area contributed by atoms with Crippen molar-refractivity contribution < 1.29 is 18.3 Å². The van der Waals surface area contributed by atoms with Gasteiger partial charge < -0.3 is 5.11 Å². The molecule has 0 saturated carbocycles. The number of aromatic carboxylic acids is 1. The van der Waals surface area contributed by atoms with Gasteiger partial charge in [-0.05, 0) is 37.5 Å². The number of rotatable bonds is 6. The third-order valence-electron chi connectivity index (χ3n) is 2.85. The molecular formula is C14H18O4S. The summed E-state index contributed by atoms with van der Waals surface area (Å²) in [6.07, 6.45) is 0.925. The Morgan fingerprint density at radius 2 is 2.00 bits per heavy atom. The zero-order valence-corrected chi connectivity index (χ0v) is 12.0. The van der Waals surface area contributed by atoms with Crippen LogP contribution in [-0.2, 0) is 16.3 Å². The second-order valence-corrected chi connectivity index (χ2v) is 6.61. The van der Waals surface area contributed by atoms with Gasteiger partial charge in [-0.1, -0.05) is 18.6 Å². The van der Waals surface area contributed by atoms with E-state index in [0.29, 0.717) is 18.4 Å². The summed E-state index contributed by atoms with van der Waals surface area (Å²) < 4.78 is 24.2. The summed E-state index contributed by atoms with van der Waals surface area (Å²) in [5, 5.41) is 9.10. The SMILES string of the molecule is C=C(C)CCS(=O)(=O)c1ccc(CC)c(C(=O)O)c1. The van der Waals surface area contributed by atoms with E-state index in [2.05, 4.69) is 6.58 Å². The number of allylic oxidation sites excluding steroid dienone is 1. The standard InChI is InChI=1S/C14H18O4S/c1-4-11-5-6-12(9-13(11)14(15)16)19(17,18)8-7-10(2)3/h5-6,9H,2,4,7-8H2,1,3H3,(H,15,16). The Balaban J connectivity index is 3.18. The Bertz CT molecular complexity index is 600. The average Bonchev–Trinajstić information content (AvgIpc) is 2.35. The van der Waals surface area contributed by atoms with Gasteiger partial charge in [0, 0.05) is 0 Å². The Kier molecular flexibility index (Phi) is 4.89. The van der Waals surface area contributed by atoms with Crippen LogP contribution < -0.4 is 0 Å². The summed E-state index contributed by atoms with van der Waals surface area (Å²) in [4.78, 5) is 11.2. The van der Waals surface area contributed by atoms with E-state index in [1.54, 1.807) is 13.0 Å². The first-order valence-electron chi connectivity index (χ1n) is 6.01. The number of hydrogen-bond donors (Lipinski definition) is 1. The van der Waals surface area contributed by atoms with Crippen molar-refractivity contribution >= 4 is 15.8 Å². The molecule has 0 aliphatic heterocycles. The highest BCUT2D eigenvalue weighted by Gasteiger charge is 2.18. The van der Waals surface area contributed by atoms with E-state index in [4.69, 9.17) is 5.11 Å². The van der Waals surface area contributed by atoms with Gasteiger partial charge in [0.15, 0.2) is 9.84 Å². The molecule has 0 aliphatic carbocycles. The van der Waals surface area contributed by atoms with Crippen LogP contribution in [0.1, 0.15) is 36.2 Å². The Morgan fingerprint density at radius 3 is 2.47 bits per heavy atom. The molecular weight excluding hydrogens is 264 g/mol. The van der Waals surface area contributed by atoms with Gasteiger partial charge in [-0.2, -0.15) is 0 Å². The van der Waals surface area contributed by atoms with Gasteiger partial charge >= 0.3 is 5.97 Å². The van der Waals surface area contributed by atoms with Gasteiger partial charge in [-0.3, -0.25) is 0 Å². The van der Waals surface area contributed by atoms with Crippen LogP contribution in [0.25, 0.3) is 0 Å². The zero-order chi connectivity index (χ0) is 14.6. The van der Waals surface area contributed by atoms with Crippen LogP contribution in [0.4, 0.5) is 0 Å². The largest absolute Gasteiger partial charge is 0.478 e. The summed E-state index contributed by atoms with van der Waals surface area (Å²) in [6.45, 7) is 7.26. The van der Waals surface area contributed by atoms with Crippen molar-refractivity contribution in [2.75, 3.05) is 5.75 Å². The molecule has 0 aliphatic rings. The molecule has 0 spiro atoms. The minimum Gasteiger partial charge on any atom is -0.478 e. The summed E-state index contributed by atoms with van der Waals surface area (Å²) in [6, 6.07) is 4.28. The molecule has 0 amide bonds. The molecule has 0 aromatic heterocycles. The number of hydrogen-bond acceptors (Lipinski definition) is 3. The minimum atomic E-state index is -3.46. The normalized spacial score (nSPS) is 11.3. The van der Waals surface area contributed by atoms with Crippen molar-refractivity contribution in [3.8, 4) is 0 Å². The van der Waals surface area contributed by atoms with Crippen molar-refractivity contribution in [2.45, 2.75) is 31.6 Å². The minimum absolute atomic E-state index is 0.0487. The maximum absolute atomic E-state index is 12.1. The van der Waals surface area contributed by atoms with Gasteiger partial charge in [0.1, 0.15) is 0 Å². The lowest BCUT2D eigenvalue weighted by Gasteiger charge is -2.08. The van der Waals surface area contributed by atoms with Gasteiger partial charge in [0.25, 0.3) is 0 Å². The van der Waals surface area contributed by atoms with Gasteiger partial charge in [-0.15, -0.1) is 6.58 Å². The Hall–Kier alpha value is -1.62. The van der Waals surface area contributed by atoms with Crippen LogP contribution in [0.5, 0.6) is 0 Å². The molecule has 0 saturated heterocycles. The molecule has 104 valence electrons. The quantitative estimate of drug-likeness (QED) is 0.814. The molecule has 4 nitrogen and oxygen atoms in total. The van der Waals surface area contributed by atoms with E-state index < -0.39 is 15.8 Å². The van der Waals surface area contributed by atoms with E-state index in [1.807, 2.05) is 6.92 Å². The first-order chi connectivity index (χ1) is 8.77. The third-order valence-corrected chi connectivity index (χ3v) is 4.56. The van der Waals surface area contributed by atoms with Crippen molar-refractivity contribution in [3.63, 3.8) is 0 Å². The van der Waals surface area contributed by atoms with Crippen LogP contribution in [0.3, 0.4) is 0 Å². The first-order valence-corrected chi connectivity index (χ1v) is 7.66. The molecule has 0 radical (unpaired) electrons. The Morgan fingerprint density at radius 1 is 1.37 bits per heavy atom. The van der Waals surface area contributed by atoms with Crippen molar-refractivity contribution in [1.29, 1.82) is 0 Å². The van der Waals surface area contributed by atoms with Crippen molar-refractivity contribution in [2.24, 2.45) is 0 Å². The van der Waals surface area contributed by atoms with Crippen LogP contribution in [-0.4, -0.2) is 25.2 Å². The van der Waals surface area contributed by atoms with E-state index in [0.717, 1.165) is 5.57 Å². The van der Waals surface area contributed by atoms with E-state index >= 15 is 0 Å². The number of carboxylic acid groups (broad SMARTS) is 1. The summed E-state index contributed by atoms with van der Waals surface area (Å²) in [5.41, 5.74) is 1.47. The number of benzene rings is 1. The molecule has 0 heterocycles.